The van der Waals surface area contributed by atoms with Gasteiger partial charge in [-0.3, -0.25) is 0 Å². The van der Waals surface area contributed by atoms with Gasteiger partial charge in [-0.25, -0.2) is 4.79 Å². The molecule has 1 heterocycles. The number of methoxy groups -OCH3 is 2. The Morgan fingerprint density at radius 2 is 1.71 bits per heavy atom. The number of ether oxygens (including phenoxy) is 3. The van der Waals surface area contributed by atoms with E-state index in [9.17, 15) is 4.79 Å². The van der Waals surface area contributed by atoms with Crippen LogP contribution >= 0.6 is 0 Å². The Bertz CT molecular complexity index is 719. The number of carbonyl (C=O) groups is 1. The van der Waals surface area contributed by atoms with Crippen LogP contribution in [0.25, 0.3) is 0 Å². The molecular formula is C20H20O4. The highest BCUT2D eigenvalue weighted by molar-refractivity contribution is 5.86. The molecule has 0 amide bonds. The van der Waals surface area contributed by atoms with Crippen LogP contribution in [-0.4, -0.2) is 20.2 Å². The maximum atomic E-state index is 12.0. The minimum atomic E-state index is -0.450. The third-order valence-corrected chi connectivity index (χ3v) is 4.19. The summed E-state index contributed by atoms with van der Waals surface area (Å²) in [6.07, 6.45) is 2.40. The van der Waals surface area contributed by atoms with Crippen molar-refractivity contribution in [3.8, 4) is 5.75 Å². The van der Waals surface area contributed by atoms with Gasteiger partial charge in [-0.1, -0.05) is 42.5 Å². The third-order valence-electron chi connectivity index (χ3n) is 4.19. The monoisotopic (exact) mass is 324 g/mol. The van der Waals surface area contributed by atoms with E-state index in [4.69, 9.17) is 14.2 Å². The van der Waals surface area contributed by atoms with Crippen molar-refractivity contribution in [2.45, 2.75) is 18.4 Å². The first-order chi connectivity index (χ1) is 11.7. The Kier molecular flexibility index (Phi) is 4.85. The first kappa shape index (κ1) is 16.1. The Morgan fingerprint density at radius 1 is 1.00 bits per heavy atom. The number of hydrogen-bond acceptors (Lipinski definition) is 4. The predicted octanol–water partition coefficient (Wildman–Crippen LogP) is 4.00. The van der Waals surface area contributed by atoms with Crippen molar-refractivity contribution in [3.05, 3.63) is 77.6 Å². The van der Waals surface area contributed by atoms with Crippen LogP contribution in [0.15, 0.2) is 66.4 Å². The number of esters is 1. The lowest BCUT2D eigenvalue weighted by Gasteiger charge is -2.29. The van der Waals surface area contributed by atoms with Crippen LogP contribution in [0.4, 0.5) is 0 Å². The largest absolute Gasteiger partial charge is 0.497 e. The standard InChI is InChI=1S/C20H20O4/c1-22-17-10-8-15(9-11-17)18-12-16(14-6-4-3-5-7-14)13-19(24-18)20(21)23-2/h3-11,13,16,18H,12H2,1-2H3/t16-,18-/m0/s1. The number of rotatable bonds is 4. The third kappa shape index (κ3) is 3.43. The van der Waals surface area contributed by atoms with Crippen molar-refractivity contribution in [1.29, 1.82) is 0 Å². The molecule has 0 bridgehead atoms. The fourth-order valence-corrected chi connectivity index (χ4v) is 2.89. The topological polar surface area (TPSA) is 44.8 Å². The summed E-state index contributed by atoms with van der Waals surface area (Å²) in [5.74, 6) is 0.701. The van der Waals surface area contributed by atoms with Crippen LogP contribution in [0.1, 0.15) is 29.6 Å². The lowest BCUT2D eigenvalue weighted by molar-refractivity contribution is -0.142. The number of hydrogen-bond donors (Lipinski definition) is 0. The van der Waals surface area contributed by atoms with E-state index < -0.39 is 5.97 Å². The molecule has 1 aliphatic rings. The van der Waals surface area contributed by atoms with E-state index in [1.807, 2.05) is 48.5 Å². The summed E-state index contributed by atoms with van der Waals surface area (Å²) in [5.41, 5.74) is 2.16. The van der Waals surface area contributed by atoms with Gasteiger partial charge in [0.15, 0.2) is 0 Å². The maximum absolute atomic E-state index is 12.0. The molecule has 0 aromatic heterocycles. The Morgan fingerprint density at radius 3 is 2.33 bits per heavy atom. The summed E-state index contributed by atoms with van der Waals surface area (Å²) < 4.78 is 15.9. The summed E-state index contributed by atoms with van der Waals surface area (Å²) >= 11 is 0. The van der Waals surface area contributed by atoms with Crippen LogP contribution < -0.4 is 4.74 Å². The second kappa shape index (κ2) is 7.21. The first-order valence-corrected chi connectivity index (χ1v) is 7.87. The van der Waals surface area contributed by atoms with Crippen LogP contribution in [0.2, 0.25) is 0 Å². The van der Waals surface area contributed by atoms with Crippen molar-refractivity contribution in [2.24, 2.45) is 0 Å². The van der Waals surface area contributed by atoms with Crippen molar-refractivity contribution in [1.82, 2.24) is 0 Å². The van der Waals surface area contributed by atoms with Gasteiger partial charge in [-0.05, 0) is 35.8 Å². The number of benzene rings is 2. The van der Waals surface area contributed by atoms with E-state index in [1.54, 1.807) is 7.11 Å². The van der Waals surface area contributed by atoms with Gasteiger partial charge in [-0.15, -0.1) is 0 Å². The molecule has 0 N–H and O–H groups in total. The van der Waals surface area contributed by atoms with Crippen molar-refractivity contribution >= 4 is 5.97 Å². The van der Waals surface area contributed by atoms with E-state index in [1.165, 1.54) is 7.11 Å². The number of carbonyl (C=O) groups excluding carboxylic acids is 1. The lowest BCUT2D eigenvalue weighted by atomic mass is 9.88. The Balaban J connectivity index is 1.91. The molecule has 1 aliphatic heterocycles. The minimum absolute atomic E-state index is 0.0983. The molecule has 0 aliphatic carbocycles. The molecule has 0 unspecified atom stereocenters. The minimum Gasteiger partial charge on any atom is -0.497 e. The fraction of sp³-hybridized carbons (Fsp3) is 0.250. The van der Waals surface area contributed by atoms with Crippen molar-refractivity contribution in [3.63, 3.8) is 0 Å². The van der Waals surface area contributed by atoms with Crippen LogP contribution in [0.5, 0.6) is 5.75 Å². The zero-order chi connectivity index (χ0) is 16.9. The fourth-order valence-electron chi connectivity index (χ4n) is 2.89. The number of allylic oxidation sites excluding steroid dienone is 1. The Labute approximate surface area is 141 Å². The van der Waals surface area contributed by atoms with Crippen LogP contribution in [0, 0.1) is 0 Å². The molecule has 0 fully saturated rings. The molecule has 2 atom stereocenters. The smallest absolute Gasteiger partial charge is 0.373 e. The Hall–Kier alpha value is -2.75. The van der Waals surface area contributed by atoms with Crippen molar-refractivity contribution in [2.75, 3.05) is 14.2 Å². The molecule has 0 radical (unpaired) electrons. The van der Waals surface area contributed by atoms with E-state index >= 15 is 0 Å². The van der Waals surface area contributed by atoms with E-state index in [2.05, 4.69) is 12.1 Å². The zero-order valence-corrected chi connectivity index (χ0v) is 13.8. The quantitative estimate of drug-likeness (QED) is 0.798. The lowest BCUT2D eigenvalue weighted by Crippen LogP contribution is -2.20. The van der Waals surface area contributed by atoms with Gasteiger partial charge in [0.2, 0.25) is 5.76 Å². The zero-order valence-electron chi connectivity index (χ0n) is 13.8. The molecule has 4 nitrogen and oxygen atoms in total. The summed E-state index contributed by atoms with van der Waals surface area (Å²) in [7, 11) is 3.00. The molecule has 4 heteroatoms. The summed E-state index contributed by atoms with van der Waals surface area (Å²) in [6.45, 7) is 0. The second-order valence-corrected chi connectivity index (χ2v) is 5.66. The summed E-state index contributed by atoms with van der Waals surface area (Å²) in [5, 5.41) is 0. The SMILES string of the molecule is COC(=O)C1=C[C@@H](c2ccccc2)C[C@@H](c2ccc(OC)cc2)O1. The summed E-state index contributed by atoms with van der Waals surface area (Å²) in [4.78, 5) is 12.0. The van der Waals surface area contributed by atoms with Crippen molar-refractivity contribution < 1.29 is 19.0 Å². The van der Waals surface area contributed by atoms with Gasteiger partial charge in [0, 0.05) is 5.92 Å². The van der Waals surface area contributed by atoms with Gasteiger partial charge >= 0.3 is 5.97 Å². The highest BCUT2D eigenvalue weighted by Gasteiger charge is 2.29. The molecule has 3 rings (SSSR count). The summed E-state index contributed by atoms with van der Waals surface area (Å²) in [6, 6.07) is 17.8. The first-order valence-electron chi connectivity index (χ1n) is 7.87. The van der Waals surface area contributed by atoms with Gasteiger partial charge < -0.3 is 14.2 Å². The molecule has 24 heavy (non-hydrogen) atoms. The van der Waals surface area contributed by atoms with Crippen LogP contribution in [0.3, 0.4) is 0 Å². The predicted molar refractivity (Wildman–Crippen MR) is 90.7 cm³/mol. The van der Waals surface area contributed by atoms with Crippen LogP contribution in [-0.2, 0) is 14.3 Å². The molecule has 2 aromatic rings. The highest BCUT2D eigenvalue weighted by Crippen LogP contribution is 2.39. The molecule has 124 valence electrons. The van der Waals surface area contributed by atoms with E-state index in [0.29, 0.717) is 0 Å². The normalized spacial score (nSPS) is 19.8. The van der Waals surface area contributed by atoms with Gasteiger partial charge in [0.05, 0.1) is 14.2 Å². The molecule has 2 aromatic carbocycles. The van der Waals surface area contributed by atoms with Gasteiger partial charge in [-0.2, -0.15) is 0 Å². The average Bonchev–Trinajstić information content (AvgIpc) is 2.67. The van der Waals surface area contributed by atoms with E-state index in [-0.39, 0.29) is 17.8 Å². The van der Waals surface area contributed by atoms with Gasteiger partial charge in [0.25, 0.3) is 0 Å². The van der Waals surface area contributed by atoms with Gasteiger partial charge in [0.1, 0.15) is 11.9 Å². The average molecular weight is 324 g/mol. The molecule has 0 saturated heterocycles. The maximum Gasteiger partial charge on any atom is 0.373 e. The second-order valence-electron chi connectivity index (χ2n) is 5.66. The molecule has 0 spiro atoms. The molecule has 0 saturated carbocycles. The molecular weight excluding hydrogens is 304 g/mol. The van der Waals surface area contributed by atoms with E-state index in [0.717, 1.165) is 23.3 Å². The highest BCUT2D eigenvalue weighted by atomic mass is 16.6.